The van der Waals surface area contributed by atoms with Crippen molar-refractivity contribution in [3.8, 4) is 11.6 Å². The Morgan fingerprint density at radius 1 is 1.03 bits per heavy atom. The van der Waals surface area contributed by atoms with E-state index in [0.717, 1.165) is 11.4 Å². The molecule has 29 heavy (non-hydrogen) atoms. The summed E-state index contributed by atoms with van der Waals surface area (Å²) in [5, 5.41) is 7.56. The van der Waals surface area contributed by atoms with E-state index in [-0.39, 0.29) is 11.4 Å². The highest BCUT2D eigenvalue weighted by Gasteiger charge is 2.13. The first-order valence-corrected chi connectivity index (χ1v) is 10.5. The van der Waals surface area contributed by atoms with Gasteiger partial charge in [0.1, 0.15) is 17.4 Å². The zero-order chi connectivity index (χ0) is 21.0. The normalized spacial score (nSPS) is 11.4. The number of ether oxygens (including phenoxy) is 1. The van der Waals surface area contributed by atoms with Crippen molar-refractivity contribution < 1.29 is 13.2 Å². The average Bonchev–Trinajstić information content (AvgIpc) is 3.03. The largest absolute Gasteiger partial charge is 0.497 e. The lowest BCUT2D eigenvalue weighted by molar-refractivity contribution is 0.414. The van der Waals surface area contributed by atoms with E-state index in [2.05, 4.69) is 25.1 Å². The summed E-state index contributed by atoms with van der Waals surface area (Å²) in [5.41, 5.74) is 1.88. The predicted octanol–water partition coefficient (Wildman–Crippen LogP) is 1.99. The average molecular weight is 417 g/mol. The molecule has 0 unspecified atom stereocenters. The molecule has 9 nitrogen and oxygen atoms in total. The third kappa shape index (κ3) is 5.09. The molecule has 0 aliphatic rings. The maximum atomic E-state index is 12.4. The lowest BCUT2D eigenvalue weighted by Gasteiger charge is -2.11. The van der Waals surface area contributed by atoms with E-state index in [1.165, 1.54) is 19.2 Å². The molecule has 0 saturated heterocycles. The quantitative estimate of drug-likeness (QED) is 0.540. The number of benzene rings is 1. The second-order valence-electron chi connectivity index (χ2n) is 6.50. The van der Waals surface area contributed by atoms with E-state index in [1.807, 2.05) is 19.9 Å². The second-order valence-corrected chi connectivity index (χ2v) is 8.26. The molecule has 3 aromatic rings. The summed E-state index contributed by atoms with van der Waals surface area (Å²) in [6.45, 7) is 6.24. The molecule has 10 heteroatoms. The van der Waals surface area contributed by atoms with Crippen LogP contribution in [-0.2, 0) is 10.0 Å². The summed E-state index contributed by atoms with van der Waals surface area (Å²) < 4.78 is 34.1. The zero-order valence-electron chi connectivity index (χ0n) is 16.8. The smallest absolute Gasteiger partial charge is 0.240 e. The third-order valence-corrected chi connectivity index (χ3v) is 5.62. The van der Waals surface area contributed by atoms with Gasteiger partial charge in [-0.05, 0) is 51.1 Å². The van der Waals surface area contributed by atoms with Crippen LogP contribution >= 0.6 is 0 Å². The molecule has 0 saturated carbocycles. The van der Waals surface area contributed by atoms with Crippen LogP contribution in [0.2, 0.25) is 0 Å². The first-order chi connectivity index (χ1) is 13.8. The van der Waals surface area contributed by atoms with Crippen molar-refractivity contribution in [1.82, 2.24) is 24.5 Å². The predicted molar refractivity (Wildman–Crippen MR) is 110 cm³/mol. The van der Waals surface area contributed by atoms with Gasteiger partial charge in [-0.15, -0.1) is 0 Å². The highest BCUT2D eigenvalue weighted by Crippen LogP contribution is 2.16. The van der Waals surface area contributed by atoms with Gasteiger partial charge in [0.15, 0.2) is 5.82 Å². The van der Waals surface area contributed by atoms with Gasteiger partial charge in [-0.1, -0.05) is 0 Å². The van der Waals surface area contributed by atoms with Gasteiger partial charge in [0.05, 0.1) is 17.7 Å². The Morgan fingerprint density at radius 3 is 2.38 bits per heavy atom. The monoisotopic (exact) mass is 416 g/mol. The van der Waals surface area contributed by atoms with Crippen LogP contribution in [0.1, 0.15) is 17.2 Å². The molecule has 0 amide bonds. The van der Waals surface area contributed by atoms with E-state index < -0.39 is 10.0 Å². The van der Waals surface area contributed by atoms with Gasteiger partial charge in [-0.2, -0.15) is 5.10 Å². The van der Waals surface area contributed by atoms with Crippen molar-refractivity contribution in [3.05, 3.63) is 53.6 Å². The molecule has 2 aromatic heterocycles. The molecule has 2 heterocycles. The number of nitrogens with zero attached hydrogens (tertiary/aromatic N) is 4. The van der Waals surface area contributed by atoms with E-state index in [0.29, 0.717) is 29.8 Å². The molecular weight excluding hydrogens is 392 g/mol. The third-order valence-electron chi connectivity index (χ3n) is 4.14. The van der Waals surface area contributed by atoms with Crippen molar-refractivity contribution in [1.29, 1.82) is 0 Å². The van der Waals surface area contributed by atoms with Gasteiger partial charge in [0, 0.05) is 24.8 Å². The van der Waals surface area contributed by atoms with Crippen LogP contribution in [0.4, 0.5) is 5.82 Å². The molecule has 0 spiro atoms. The Kier molecular flexibility index (Phi) is 6.14. The van der Waals surface area contributed by atoms with Crippen LogP contribution in [0.5, 0.6) is 5.75 Å². The summed E-state index contributed by atoms with van der Waals surface area (Å²) in [6, 6.07) is 9.98. The van der Waals surface area contributed by atoms with Crippen molar-refractivity contribution >= 4 is 15.8 Å². The number of nitrogens with one attached hydrogen (secondary N) is 2. The van der Waals surface area contributed by atoms with Gasteiger partial charge < -0.3 is 10.1 Å². The standard InChI is InChI=1S/C19H24N6O3S/c1-13-11-14(2)25(24-13)19-12-18(22-15(3)23-19)20-9-10-21-29(26,27)17-7-5-16(28-4)6-8-17/h5-8,11-12,21H,9-10H2,1-4H3,(H,20,22,23). The van der Waals surface area contributed by atoms with Crippen LogP contribution in [-0.4, -0.2) is 48.4 Å². The fourth-order valence-electron chi connectivity index (χ4n) is 2.83. The number of hydrogen-bond acceptors (Lipinski definition) is 7. The highest BCUT2D eigenvalue weighted by atomic mass is 32.2. The van der Waals surface area contributed by atoms with Crippen molar-refractivity contribution in [2.24, 2.45) is 0 Å². The van der Waals surface area contributed by atoms with Crippen LogP contribution in [0, 0.1) is 20.8 Å². The van der Waals surface area contributed by atoms with Crippen LogP contribution in [0.15, 0.2) is 41.3 Å². The fraction of sp³-hybridized carbons (Fsp3) is 0.316. The number of aromatic nitrogens is 4. The Morgan fingerprint density at radius 2 is 1.76 bits per heavy atom. The van der Waals surface area contributed by atoms with Gasteiger partial charge in [0.2, 0.25) is 10.0 Å². The molecule has 1 aromatic carbocycles. The van der Waals surface area contributed by atoms with E-state index in [1.54, 1.807) is 29.8 Å². The summed E-state index contributed by atoms with van der Waals surface area (Å²) >= 11 is 0. The molecule has 0 radical (unpaired) electrons. The Bertz CT molecular complexity index is 1090. The molecule has 0 fully saturated rings. The van der Waals surface area contributed by atoms with Gasteiger partial charge in [-0.25, -0.2) is 27.8 Å². The number of anilines is 1. The van der Waals surface area contributed by atoms with E-state index >= 15 is 0 Å². The number of aryl methyl sites for hydroxylation is 3. The van der Waals surface area contributed by atoms with Crippen molar-refractivity contribution in [3.63, 3.8) is 0 Å². The molecule has 154 valence electrons. The van der Waals surface area contributed by atoms with Gasteiger partial charge >= 0.3 is 0 Å². The summed E-state index contributed by atoms with van der Waals surface area (Å²) in [5.74, 6) is 2.45. The summed E-state index contributed by atoms with van der Waals surface area (Å²) in [7, 11) is -2.06. The molecule has 0 aliphatic heterocycles. The second kappa shape index (κ2) is 8.58. The minimum absolute atomic E-state index is 0.183. The SMILES string of the molecule is COc1ccc(S(=O)(=O)NCCNc2cc(-n3nc(C)cc3C)nc(C)n2)cc1. The Labute approximate surface area is 170 Å². The minimum Gasteiger partial charge on any atom is -0.497 e. The number of rotatable bonds is 8. The maximum Gasteiger partial charge on any atom is 0.240 e. The van der Waals surface area contributed by atoms with Crippen LogP contribution < -0.4 is 14.8 Å². The highest BCUT2D eigenvalue weighted by molar-refractivity contribution is 7.89. The molecular formula is C19H24N6O3S. The zero-order valence-corrected chi connectivity index (χ0v) is 17.6. The van der Waals surface area contributed by atoms with E-state index in [9.17, 15) is 8.42 Å². The maximum absolute atomic E-state index is 12.4. The molecule has 0 bridgehead atoms. The summed E-state index contributed by atoms with van der Waals surface area (Å²) in [6.07, 6.45) is 0. The lowest BCUT2D eigenvalue weighted by atomic mass is 10.3. The van der Waals surface area contributed by atoms with Gasteiger partial charge in [-0.3, -0.25) is 0 Å². The Balaban J connectivity index is 1.62. The molecule has 0 atom stereocenters. The molecule has 0 aliphatic carbocycles. The minimum atomic E-state index is -3.59. The molecule has 3 rings (SSSR count). The van der Waals surface area contributed by atoms with Crippen LogP contribution in [0.25, 0.3) is 5.82 Å². The van der Waals surface area contributed by atoms with Gasteiger partial charge in [0.25, 0.3) is 0 Å². The Hall–Kier alpha value is -2.98. The number of hydrogen-bond donors (Lipinski definition) is 2. The van der Waals surface area contributed by atoms with Crippen LogP contribution in [0.3, 0.4) is 0 Å². The topological polar surface area (TPSA) is 111 Å². The number of methoxy groups -OCH3 is 1. The van der Waals surface area contributed by atoms with Crippen molar-refractivity contribution in [2.75, 3.05) is 25.5 Å². The van der Waals surface area contributed by atoms with E-state index in [4.69, 9.17) is 4.74 Å². The summed E-state index contributed by atoms with van der Waals surface area (Å²) in [4.78, 5) is 8.96. The number of sulfonamides is 1. The van der Waals surface area contributed by atoms with Crippen molar-refractivity contribution in [2.45, 2.75) is 25.7 Å². The fourth-order valence-corrected chi connectivity index (χ4v) is 3.86. The first kappa shape index (κ1) is 20.7. The molecule has 2 N–H and O–H groups in total. The first-order valence-electron chi connectivity index (χ1n) is 9.05. The lowest BCUT2D eigenvalue weighted by Crippen LogP contribution is -2.29.